The highest BCUT2D eigenvalue weighted by Gasteiger charge is 2.11. The van der Waals surface area contributed by atoms with Gasteiger partial charge in [-0.05, 0) is 22.9 Å². The van der Waals surface area contributed by atoms with Crippen molar-refractivity contribution in [2.75, 3.05) is 14.1 Å². The molecule has 0 saturated carbocycles. The van der Waals surface area contributed by atoms with Crippen molar-refractivity contribution in [1.82, 2.24) is 4.90 Å². The zero-order valence-corrected chi connectivity index (χ0v) is 14.4. The van der Waals surface area contributed by atoms with Crippen LogP contribution < -0.4 is 21.7 Å². The average Bonchev–Trinajstić information content (AvgIpc) is 2.55. The second-order valence-corrected chi connectivity index (χ2v) is 5.66. The van der Waals surface area contributed by atoms with Crippen molar-refractivity contribution in [1.29, 1.82) is 0 Å². The fourth-order valence-electron chi connectivity index (χ4n) is 2.40. The summed E-state index contributed by atoms with van der Waals surface area (Å²) in [5.74, 6) is 0.534. The van der Waals surface area contributed by atoms with Crippen LogP contribution in [0.2, 0.25) is 0 Å². The van der Waals surface area contributed by atoms with E-state index in [1.54, 1.807) is 20.2 Å². The van der Waals surface area contributed by atoms with Crippen molar-refractivity contribution < 1.29 is 26.5 Å². The van der Waals surface area contributed by atoms with Gasteiger partial charge in [-0.15, -0.1) is 0 Å². The van der Waals surface area contributed by atoms with E-state index in [1.165, 1.54) is 21.2 Å². The molecule has 1 aromatic heterocycles. The fourth-order valence-corrected chi connectivity index (χ4v) is 2.40. The van der Waals surface area contributed by atoms with Crippen molar-refractivity contribution in [3.8, 4) is 5.75 Å². The van der Waals surface area contributed by atoms with Crippen LogP contribution >= 0.6 is 0 Å². The molecule has 0 bridgehead atoms. The number of pyridine rings is 1. The van der Waals surface area contributed by atoms with Gasteiger partial charge < -0.3 is 22.0 Å². The minimum atomic E-state index is -0.381. The SMILES string of the molecule is CN(C)C(=O)Oc1ccc[n+](Cc2ccc3ccccc3c2)c1.[Cl-]. The molecular formula is C19H19ClN2O2. The summed E-state index contributed by atoms with van der Waals surface area (Å²) in [5, 5.41) is 2.45. The predicted molar refractivity (Wildman–Crippen MR) is 89.4 cm³/mol. The Morgan fingerprint density at radius 2 is 1.79 bits per heavy atom. The summed E-state index contributed by atoms with van der Waals surface area (Å²) in [5.41, 5.74) is 1.20. The number of hydrogen-bond donors (Lipinski definition) is 0. The van der Waals surface area contributed by atoms with Gasteiger partial charge in [0.05, 0.1) is 0 Å². The van der Waals surface area contributed by atoms with E-state index in [9.17, 15) is 4.79 Å². The molecule has 0 atom stereocenters. The molecule has 0 saturated heterocycles. The number of carbonyl (C=O) groups excluding carboxylic acids is 1. The molecular weight excluding hydrogens is 324 g/mol. The van der Waals surface area contributed by atoms with E-state index in [0.29, 0.717) is 5.75 Å². The van der Waals surface area contributed by atoms with Crippen molar-refractivity contribution >= 4 is 16.9 Å². The van der Waals surface area contributed by atoms with E-state index in [-0.39, 0.29) is 18.5 Å². The number of carbonyl (C=O) groups is 1. The molecule has 124 valence electrons. The van der Waals surface area contributed by atoms with Crippen LogP contribution in [0.1, 0.15) is 5.56 Å². The van der Waals surface area contributed by atoms with Crippen molar-refractivity contribution in [3.63, 3.8) is 0 Å². The molecule has 5 heteroatoms. The first-order valence-corrected chi connectivity index (χ1v) is 7.48. The number of aromatic nitrogens is 1. The van der Waals surface area contributed by atoms with Gasteiger partial charge in [-0.3, -0.25) is 0 Å². The number of ether oxygens (including phenoxy) is 1. The second kappa shape index (κ2) is 7.79. The fraction of sp³-hybridized carbons (Fsp3) is 0.158. The lowest BCUT2D eigenvalue weighted by Gasteiger charge is -2.09. The van der Waals surface area contributed by atoms with Gasteiger partial charge in [0, 0.05) is 25.7 Å². The van der Waals surface area contributed by atoms with Crippen LogP contribution in [0, 0.1) is 0 Å². The third-order valence-electron chi connectivity index (χ3n) is 3.58. The van der Waals surface area contributed by atoms with Gasteiger partial charge in [-0.1, -0.05) is 36.4 Å². The Kier molecular flexibility index (Phi) is 5.77. The van der Waals surface area contributed by atoms with Crippen LogP contribution in [-0.4, -0.2) is 25.1 Å². The Bertz CT molecular complexity index is 849. The first kappa shape index (κ1) is 17.8. The van der Waals surface area contributed by atoms with Crippen molar-refractivity contribution in [2.24, 2.45) is 0 Å². The maximum atomic E-state index is 11.6. The second-order valence-electron chi connectivity index (χ2n) is 5.66. The van der Waals surface area contributed by atoms with Crippen molar-refractivity contribution in [3.05, 3.63) is 72.6 Å². The van der Waals surface area contributed by atoms with Gasteiger partial charge in [0.25, 0.3) is 0 Å². The molecule has 3 aromatic rings. The Balaban J connectivity index is 0.00000208. The molecule has 0 aliphatic heterocycles. The van der Waals surface area contributed by atoms with Crippen LogP contribution in [0.5, 0.6) is 5.75 Å². The highest BCUT2D eigenvalue weighted by atomic mass is 35.5. The Labute approximate surface area is 147 Å². The maximum Gasteiger partial charge on any atom is 0.414 e. The smallest absolute Gasteiger partial charge is 0.414 e. The number of nitrogens with zero attached hydrogens (tertiary/aromatic N) is 2. The summed E-state index contributed by atoms with van der Waals surface area (Å²) in [6.45, 7) is 0.720. The summed E-state index contributed by atoms with van der Waals surface area (Å²) < 4.78 is 7.29. The molecule has 2 aromatic carbocycles. The summed E-state index contributed by atoms with van der Waals surface area (Å²) >= 11 is 0. The maximum absolute atomic E-state index is 11.6. The largest absolute Gasteiger partial charge is 1.00 e. The molecule has 0 radical (unpaired) electrons. The van der Waals surface area contributed by atoms with Crippen LogP contribution in [0.15, 0.2) is 67.0 Å². The monoisotopic (exact) mass is 342 g/mol. The molecule has 0 aliphatic rings. The van der Waals surface area contributed by atoms with Crippen molar-refractivity contribution in [2.45, 2.75) is 6.54 Å². The van der Waals surface area contributed by atoms with Gasteiger partial charge in [0.15, 0.2) is 18.5 Å². The topological polar surface area (TPSA) is 33.4 Å². The molecule has 0 aliphatic carbocycles. The Hall–Kier alpha value is -2.59. The number of halogens is 1. The van der Waals surface area contributed by atoms with Crippen LogP contribution in [0.25, 0.3) is 10.8 Å². The highest BCUT2D eigenvalue weighted by Crippen LogP contribution is 2.15. The van der Waals surface area contributed by atoms with E-state index >= 15 is 0 Å². The first-order valence-electron chi connectivity index (χ1n) is 7.48. The molecule has 4 nitrogen and oxygen atoms in total. The van der Waals surface area contributed by atoms with E-state index in [4.69, 9.17) is 4.74 Å². The molecule has 1 heterocycles. The van der Waals surface area contributed by atoms with Gasteiger partial charge in [-0.2, -0.15) is 4.57 Å². The van der Waals surface area contributed by atoms with E-state index in [0.717, 1.165) is 6.54 Å². The first-order chi connectivity index (χ1) is 11.1. The number of fused-ring (bicyclic) bond motifs is 1. The molecule has 1 amide bonds. The molecule has 0 fully saturated rings. The zero-order chi connectivity index (χ0) is 16.2. The number of benzene rings is 2. The standard InChI is InChI=1S/C19H19N2O2.ClH/c1-20(2)19(22)23-18-8-5-11-21(14-18)13-15-9-10-16-6-3-4-7-17(16)12-15;/h3-12,14H,13H2,1-2H3;1H/q+1;/p-1. The summed E-state index contributed by atoms with van der Waals surface area (Å²) in [6.07, 6.45) is 3.41. The number of rotatable bonds is 3. The lowest BCUT2D eigenvalue weighted by molar-refractivity contribution is -0.688. The Morgan fingerprint density at radius 1 is 1.04 bits per heavy atom. The van der Waals surface area contributed by atoms with Gasteiger partial charge in [-0.25, -0.2) is 4.79 Å². The van der Waals surface area contributed by atoms with Gasteiger partial charge >= 0.3 is 6.09 Å². The normalized spacial score (nSPS) is 10.1. The van der Waals surface area contributed by atoms with E-state index < -0.39 is 0 Å². The number of hydrogen-bond acceptors (Lipinski definition) is 2. The minimum absolute atomic E-state index is 0. The quantitative estimate of drug-likeness (QED) is 0.639. The van der Waals surface area contributed by atoms with Crippen LogP contribution in [0.4, 0.5) is 4.79 Å². The van der Waals surface area contributed by atoms with Gasteiger partial charge in [0.2, 0.25) is 6.20 Å². The Morgan fingerprint density at radius 3 is 2.54 bits per heavy atom. The molecule has 0 N–H and O–H groups in total. The van der Waals surface area contributed by atoms with E-state index in [1.807, 2.05) is 35.2 Å². The lowest BCUT2D eigenvalue weighted by atomic mass is 10.1. The van der Waals surface area contributed by atoms with Gasteiger partial charge in [0.1, 0.15) is 0 Å². The third kappa shape index (κ3) is 4.24. The number of amides is 1. The van der Waals surface area contributed by atoms with Crippen LogP contribution in [0.3, 0.4) is 0 Å². The summed E-state index contributed by atoms with van der Waals surface area (Å²) in [6, 6.07) is 18.4. The molecule has 0 unspecified atom stereocenters. The van der Waals surface area contributed by atoms with Crippen LogP contribution in [-0.2, 0) is 6.54 Å². The summed E-state index contributed by atoms with van der Waals surface area (Å²) in [7, 11) is 3.32. The third-order valence-corrected chi connectivity index (χ3v) is 3.58. The highest BCUT2D eigenvalue weighted by molar-refractivity contribution is 5.82. The summed E-state index contributed by atoms with van der Waals surface area (Å²) in [4.78, 5) is 13.0. The minimum Gasteiger partial charge on any atom is -1.00 e. The predicted octanol–water partition coefficient (Wildman–Crippen LogP) is 0.240. The average molecular weight is 343 g/mol. The lowest BCUT2D eigenvalue weighted by Crippen LogP contribution is -3.00. The zero-order valence-electron chi connectivity index (χ0n) is 13.6. The molecule has 24 heavy (non-hydrogen) atoms. The molecule has 3 rings (SSSR count). The molecule has 0 spiro atoms. The van der Waals surface area contributed by atoms with E-state index in [2.05, 4.69) is 30.3 Å².